The second-order valence-corrected chi connectivity index (χ2v) is 6.26. The van der Waals surface area contributed by atoms with Crippen LogP contribution in [0, 0.1) is 10.1 Å². The maximum Gasteiger partial charge on any atom is 0.413 e. The number of hydrogen-bond acceptors (Lipinski definition) is 11. The van der Waals surface area contributed by atoms with E-state index in [-0.39, 0.29) is 35.4 Å². The largest absolute Gasteiger partial charge is 0.461 e. The van der Waals surface area contributed by atoms with Crippen molar-refractivity contribution in [2.45, 2.75) is 20.5 Å². The Morgan fingerprint density at radius 1 is 1.23 bits per heavy atom. The zero-order valence-electron chi connectivity index (χ0n) is 15.8. The van der Waals surface area contributed by atoms with E-state index in [1.165, 1.54) is 29.6 Å². The third kappa shape index (κ3) is 6.63. The Morgan fingerprint density at radius 3 is 2.53 bits per heavy atom. The number of nitro groups is 1. The highest BCUT2D eigenvalue weighted by Gasteiger charge is 2.21. The molecular formula is C17H16N4O8S. The minimum Gasteiger partial charge on any atom is -0.461 e. The van der Waals surface area contributed by atoms with Gasteiger partial charge in [-0.25, -0.2) is 19.4 Å². The van der Waals surface area contributed by atoms with Gasteiger partial charge < -0.3 is 14.3 Å². The van der Waals surface area contributed by atoms with Crippen molar-refractivity contribution in [3.63, 3.8) is 0 Å². The zero-order chi connectivity index (χ0) is 22.1. The van der Waals surface area contributed by atoms with Crippen molar-refractivity contribution in [1.29, 1.82) is 0 Å². The molecule has 1 aromatic carbocycles. The third-order valence-corrected chi connectivity index (χ3v) is 3.96. The molecule has 0 atom stereocenters. The number of hydrogen-bond donors (Lipinski definition) is 1. The second-order valence-electron chi connectivity index (χ2n) is 5.41. The first-order chi connectivity index (χ1) is 14.3. The van der Waals surface area contributed by atoms with Crippen LogP contribution in [0.15, 0.2) is 34.8 Å². The number of thiazole rings is 1. The molecule has 0 aliphatic heterocycles. The van der Waals surface area contributed by atoms with Crippen molar-refractivity contribution in [1.82, 2.24) is 4.98 Å². The molecule has 0 bridgehead atoms. The first-order valence-electron chi connectivity index (χ1n) is 8.35. The van der Waals surface area contributed by atoms with Gasteiger partial charge in [0.05, 0.1) is 11.5 Å². The fourth-order valence-electron chi connectivity index (χ4n) is 1.92. The molecule has 0 unspecified atom stereocenters. The van der Waals surface area contributed by atoms with Crippen LogP contribution in [0.3, 0.4) is 0 Å². The quantitative estimate of drug-likeness (QED) is 0.216. The van der Waals surface area contributed by atoms with Gasteiger partial charge in [0.15, 0.2) is 5.13 Å². The third-order valence-electron chi connectivity index (χ3n) is 3.21. The lowest BCUT2D eigenvalue weighted by molar-refractivity contribution is -0.384. The second kappa shape index (κ2) is 10.6. The van der Waals surface area contributed by atoms with E-state index in [0.29, 0.717) is 5.56 Å². The molecule has 0 radical (unpaired) electrons. The van der Waals surface area contributed by atoms with Crippen LogP contribution in [-0.4, -0.2) is 40.3 Å². The number of carbonyl (C=O) groups excluding carboxylic acids is 3. The van der Waals surface area contributed by atoms with Crippen LogP contribution < -0.4 is 5.32 Å². The molecule has 0 fully saturated rings. The predicted octanol–water partition coefficient (Wildman–Crippen LogP) is 2.63. The molecule has 1 aromatic heterocycles. The molecule has 1 amide bonds. The molecule has 13 heteroatoms. The molecule has 2 rings (SSSR count). The van der Waals surface area contributed by atoms with Crippen molar-refractivity contribution in [2.24, 2.45) is 5.16 Å². The van der Waals surface area contributed by atoms with Gasteiger partial charge in [0.2, 0.25) is 5.71 Å². The van der Waals surface area contributed by atoms with Gasteiger partial charge in [0.1, 0.15) is 12.3 Å². The molecule has 2 aromatic rings. The van der Waals surface area contributed by atoms with E-state index < -0.39 is 23.0 Å². The van der Waals surface area contributed by atoms with Crippen LogP contribution in [0.25, 0.3) is 0 Å². The SMILES string of the molecule is CCOC(=O)C(=NOC(C)=O)c1csc(NC(=O)OCc2ccc([N+](=O)[O-])cc2)n1. The first-order valence-corrected chi connectivity index (χ1v) is 9.23. The summed E-state index contributed by atoms with van der Waals surface area (Å²) < 4.78 is 9.86. The lowest BCUT2D eigenvalue weighted by atomic mass is 10.2. The van der Waals surface area contributed by atoms with Crippen LogP contribution in [0.4, 0.5) is 15.6 Å². The van der Waals surface area contributed by atoms with Crippen LogP contribution in [-0.2, 0) is 30.5 Å². The lowest BCUT2D eigenvalue weighted by Gasteiger charge is -2.05. The Hall–Kier alpha value is -3.87. The number of nitrogens with one attached hydrogen (secondary N) is 1. The average molecular weight is 436 g/mol. The highest BCUT2D eigenvalue weighted by molar-refractivity contribution is 7.14. The van der Waals surface area contributed by atoms with E-state index in [4.69, 9.17) is 9.47 Å². The Kier molecular flexibility index (Phi) is 7.93. The fourth-order valence-corrected chi connectivity index (χ4v) is 2.60. The topological polar surface area (TPSA) is 159 Å². The minimum absolute atomic E-state index is 0.0327. The summed E-state index contributed by atoms with van der Waals surface area (Å²) in [6, 6.07) is 5.51. The van der Waals surface area contributed by atoms with Gasteiger partial charge in [-0.15, -0.1) is 11.3 Å². The number of anilines is 1. The summed E-state index contributed by atoms with van der Waals surface area (Å²) >= 11 is 0.976. The van der Waals surface area contributed by atoms with Crippen LogP contribution >= 0.6 is 11.3 Å². The van der Waals surface area contributed by atoms with Gasteiger partial charge in [-0.3, -0.25) is 15.4 Å². The number of non-ortho nitro benzene ring substituents is 1. The maximum absolute atomic E-state index is 12.0. The predicted molar refractivity (Wildman–Crippen MR) is 104 cm³/mol. The number of ether oxygens (including phenoxy) is 2. The molecular weight excluding hydrogens is 420 g/mol. The number of esters is 1. The number of carbonyl (C=O) groups is 3. The van der Waals surface area contributed by atoms with E-state index in [9.17, 15) is 24.5 Å². The van der Waals surface area contributed by atoms with Gasteiger partial charge in [-0.05, 0) is 24.6 Å². The number of nitro benzene ring substituents is 1. The Balaban J connectivity index is 1.99. The lowest BCUT2D eigenvalue weighted by Crippen LogP contribution is -2.20. The van der Waals surface area contributed by atoms with Gasteiger partial charge in [-0.1, -0.05) is 5.16 Å². The normalized spacial score (nSPS) is 10.8. The van der Waals surface area contributed by atoms with E-state index in [2.05, 4.69) is 20.3 Å². The summed E-state index contributed by atoms with van der Waals surface area (Å²) in [6.07, 6.45) is -0.830. The summed E-state index contributed by atoms with van der Waals surface area (Å²) in [5.41, 5.74) is 0.168. The highest BCUT2D eigenvalue weighted by atomic mass is 32.1. The smallest absolute Gasteiger partial charge is 0.413 e. The first kappa shape index (κ1) is 22.4. The van der Waals surface area contributed by atoms with Crippen molar-refractivity contribution in [3.05, 3.63) is 51.0 Å². The molecule has 1 N–H and O–H groups in total. The zero-order valence-corrected chi connectivity index (χ0v) is 16.6. The van der Waals surface area contributed by atoms with Gasteiger partial charge >= 0.3 is 18.0 Å². The molecule has 0 saturated carbocycles. The molecule has 1 heterocycles. The van der Waals surface area contributed by atoms with E-state index >= 15 is 0 Å². The fraction of sp³-hybridized carbons (Fsp3) is 0.235. The number of rotatable bonds is 8. The van der Waals surface area contributed by atoms with E-state index in [1.54, 1.807) is 6.92 Å². The minimum atomic E-state index is -0.851. The molecule has 0 aliphatic rings. The van der Waals surface area contributed by atoms with Crippen LogP contribution in [0.1, 0.15) is 25.1 Å². The molecule has 0 aliphatic carbocycles. The summed E-state index contributed by atoms with van der Waals surface area (Å²) in [6.45, 7) is 2.66. The summed E-state index contributed by atoms with van der Waals surface area (Å²) in [5.74, 6) is -1.59. The number of amides is 1. The number of nitrogens with zero attached hydrogens (tertiary/aromatic N) is 3. The van der Waals surface area contributed by atoms with Gasteiger partial charge in [0.25, 0.3) is 5.69 Å². The molecule has 30 heavy (non-hydrogen) atoms. The van der Waals surface area contributed by atoms with Crippen LogP contribution in [0.2, 0.25) is 0 Å². The Bertz CT molecular complexity index is 970. The molecule has 0 saturated heterocycles. The Morgan fingerprint density at radius 2 is 1.93 bits per heavy atom. The van der Waals surface area contributed by atoms with Crippen molar-refractivity contribution >= 4 is 45.9 Å². The van der Waals surface area contributed by atoms with Gasteiger partial charge in [0, 0.05) is 24.4 Å². The summed E-state index contributed by atoms with van der Waals surface area (Å²) in [4.78, 5) is 53.5. The van der Waals surface area contributed by atoms with Crippen molar-refractivity contribution in [3.8, 4) is 0 Å². The van der Waals surface area contributed by atoms with Crippen molar-refractivity contribution < 1.29 is 33.6 Å². The summed E-state index contributed by atoms with van der Waals surface area (Å²) in [5, 5.41) is 18.0. The van der Waals surface area contributed by atoms with E-state index in [0.717, 1.165) is 18.3 Å². The summed E-state index contributed by atoms with van der Waals surface area (Å²) in [7, 11) is 0. The number of benzene rings is 1. The molecule has 158 valence electrons. The Labute approximate surface area is 173 Å². The van der Waals surface area contributed by atoms with Gasteiger partial charge in [-0.2, -0.15) is 0 Å². The van der Waals surface area contributed by atoms with Crippen LogP contribution in [0.5, 0.6) is 0 Å². The molecule has 0 spiro atoms. The highest BCUT2D eigenvalue weighted by Crippen LogP contribution is 2.18. The maximum atomic E-state index is 12.0. The molecule has 12 nitrogen and oxygen atoms in total. The monoisotopic (exact) mass is 436 g/mol. The van der Waals surface area contributed by atoms with Crippen molar-refractivity contribution in [2.75, 3.05) is 11.9 Å². The average Bonchev–Trinajstić information content (AvgIpc) is 3.14. The number of aromatic nitrogens is 1. The van der Waals surface area contributed by atoms with E-state index in [1.807, 2.05) is 0 Å². The standard InChI is InChI=1S/C17H16N4O8S/c1-3-27-15(23)14(20-29-10(2)22)13-9-30-16(18-13)19-17(24)28-8-11-4-6-12(7-5-11)21(25)26/h4-7,9H,3,8H2,1-2H3,(H,18,19,24). The number of oxime groups is 1.